The van der Waals surface area contributed by atoms with E-state index in [0.29, 0.717) is 31.2 Å². The van der Waals surface area contributed by atoms with Gasteiger partial charge in [-0.3, -0.25) is 19.2 Å². The minimum absolute atomic E-state index is 0.0369. The summed E-state index contributed by atoms with van der Waals surface area (Å²) in [6.45, 7) is 13.4. The van der Waals surface area contributed by atoms with Gasteiger partial charge in [0.15, 0.2) is 6.61 Å². The van der Waals surface area contributed by atoms with Gasteiger partial charge in [0, 0.05) is 38.3 Å². The van der Waals surface area contributed by atoms with Gasteiger partial charge < -0.3 is 30.1 Å². The Hall–Kier alpha value is -3.14. The molecule has 2 N–H and O–H groups in total. The summed E-state index contributed by atoms with van der Waals surface area (Å²) < 4.78 is 5.71. The second kappa shape index (κ2) is 12.8. The molecule has 3 fully saturated rings. The lowest BCUT2D eigenvalue weighted by atomic mass is 10.0. The Labute approximate surface area is 244 Å². The number of hydrogen-bond donors (Lipinski definition) is 2. The van der Waals surface area contributed by atoms with Crippen molar-refractivity contribution in [2.75, 3.05) is 46.4 Å². The van der Waals surface area contributed by atoms with E-state index in [9.17, 15) is 19.2 Å². The SMILES string of the molecule is CC(C)C[C@@H](NC(=O)c1ccccc1OCC(=O)NC(C)(C)C)C(=O)N1CCC[C@@H]1C(=O)N1CC2CN(C)C[C@@H]2C1. The molecule has 1 aromatic rings. The Bertz CT molecular complexity index is 1120. The third-order valence-electron chi connectivity index (χ3n) is 8.12. The summed E-state index contributed by atoms with van der Waals surface area (Å²) >= 11 is 0. The molecule has 0 aliphatic carbocycles. The van der Waals surface area contributed by atoms with Gasteiger partial charge in [-0.05, 0) is 77.0 Å². The van der Waals surface area contributed by atoms with Crippen LogP contribution in [0.4, 0.5) is 0 Å². The molecule has 4 amide bonds. The van der Waals surface area contributed by atoms with Crippen molar-refractivity contribution in [1.82, 2.24) is 25.3 Å². The molecule has 4 atom stereocenters. The van der Waals surface area contributed by atoms with Gasteiger partial charge >= 0.3 is 0 Å². The Morgan fingerprint density at radius 1 is 1.02 bits per heavy atom. The van der Waals surface area contributed by atoms with Crippen LogP contribution in [0.25, 0.3) is 0 Å². The van der Waals surface area contributed by atoms with Crippen LogP contribution in [0.15, 0.2) is 24.3 Å². The van der Waals surface area contributed by atoms with E-state index >= 15 is 0 Å². The highest BCUT2D eigenvalue weighted by molar-refractivity contribution is 6.00. The molecule has 1 unspecified atom stereocenters. The minimum atomic E-state index is -0.778. The van der Waals surface area contributed by atoms with E-state index < -0.39 is 23.5 Å². The number of nitrogens with one attached hydrogen (secondary N) is 2. The van der Waals surface area contributed by atoms with Crippen molar-refractivity contribution < 1.29 is 23.9 Å². The van der Waals surface area contributed by atoms with Crippen molar-refractivity contribution in [2.45, 2.75) is 71.5 Å². The number of ether oxygens (including phenoxy) is 1. The highest BCUT2D eigenvalue weighted by Gasteiger charge is 2.45. The third-order valence-corrected chi connectivity index (χ3v) is 8.12. The zero-order valence-corrected chi connectivity index (χ0v) is 25.4. The number of carbonyl (C=O) groups is 4. The molecule has 0 saturated carbocycles. The fourth-order valence-electron chi connectivity index (χ4n) is 6.41. The van der Waals surface area contributed by atoms with Crippen molar-refractivity contribution in [3.63, 3.8) is 0 Å². The van der Waals surface area contributed by atoms with Crippen molar-refractivity contribution >= 4 is 23.6 Å². The number of carbonyl (C=O) groups excluding carboxylic acids is 4. The Balaban J connectivity index is 1.43. The lowest BCUT2D eigenvalue weighted by Crippen LogP contribution is -2.54. The van der Waals surface area contributed by atoms with Crippen LogP contribution in [0.5, 0.6) is 5.75 Å². The van der Waals surface area contributed by atoms with Crippen molar-refractivity contribution in [3.8, 4) is 5.75 Å². The van der Waals surface area contributed by atoms with Crippen molar-refractivity contribution in [2.24, 2.45) is 17.8 Å². The second-order valence-electron chi connectivity index (χ2n) is 13.4. The number of hydrogen-bond acceptors (Lipinski definition) is 6. The monoisotopic (exact) mass is 569 g/mol. The predicted octanol–water partition coefficient (Wildman–Crippen LogP) is 2.14. The van der Waals surface area contributed by atoms with Gasteiger partial charge in [-0.25, -0.2) is 0 Å². The molecule has 10 nitrogen and oxygen atoms in total. The molecule has 1 aromatic carbocycles. The normalized spacial score (nSPS) is 23.4. The molecule has 10 heteroatoms. The average Bonchev–Trinajstić information content (AvgIpc) is 3.60. The molecule has 3 saturated heterocycles. The number of likely N-dealkylation sites (tertiary alicyclic amines) is 3. The lowest BCUT2D eigenvalue weighted by molar-refractivity contribution is -0.144. The summed E-state index contributed by atoms with van der Waals surface area (Å²) in [6.07, 6.45) is 1.85. The lowest BCUT2D eigenvalue weighted by Gasteiger charge is -2.32. The number of benzene rings is 1. The summed E-state index contributed by atoms with van der Waals surface area (Å²) in [5.41, 5.74) is -0.152. The van der Waals surface area contributed by atoms with Gasteiger partial charge in [-0.2, -0.15) is 0 Å². The highest BCUT2D eigenvalue weighted by atomic mass is 16.5. The standard InChI is InChI=1S/C31H47N5O5/c1-20(2)14-24(32-28(38)23-10-7-8-12-26(23)41-19-27(37)33-31(3,4)5)29(39)36-13-9-11-25(36)30(40)35-17-21-15-34(6)16-22(21)18-35/h7-8,10,12,20-22,24-25H,9,11,13-19H2,1-6H3,(H,32,38)(H,33,37)/t21-,22?,24-,25-/m1/s1. The summed E-state index contributed by atoms with van der Waals surface area (Å²) in [5, 5.41) is 5.77. The van der Waals surface area contributed by atoms with Crippen LogP contribution in [0.3, 0.4) is 0 Å². The maximum absolute atomic E-state index is 13.9. The first-order chi connectivity index (χ1) is 19.3. The molecule has 0 spiro atoms. The minimum Gasteiger partial charge on any atom is -0.483 e. The largest absolute Gasteiger partial charge is 0.483 e. The van der Waals surface area contributed by atoms with Gasteiger partial charge in [0.05, 0.1) is 5.56 Å². The molecular weight excluding hydrogens is 522 g/mol. The first kappa shape index (κ1) is 30.8. The molecule has 4 rings (SSSR count). The van der Waals surface area contributed by atoms with Gasteiger partial charge in [0.1, 0.15) is 17.8 Å². The molecule has 0 aromatic heterocycles. The number of rotatable bonds is 9. The maximum Gasteiger partial charge on any atom is 0.258 e. The fourth-order valence-corrected chi connectivity index (χ4v) is 6.41. The molecule has 3 aliphatic heterocycles. The molecule has 0 bridgehead atoms. The van der Waals surface area contributed by atoms with Gasteiger partial charge in [-0.15, -0.1) is 0 Å². The number of para-hydroxylation sites is 1. The van der Waals surface area contributed by atoms with Gasteiger partial charge in [-0.1, -0.05) is 26.0 Å². The van der Waals surface area contributed by atoms with Crippen LogP contribution in [0.1, 0.15) is 64.2 Å². The van der Waals surface area contributed by atoms with Crippen LogP contribution < -0.4 is 15.4 Å². The van der Waals surface area contributed by atoms with Crippen LogP contribution in [0.2, 0.25) is 0 Å². The van der Waals surface area contributed by atoms with Gasteiger partial charge in [0.25, 0.3) is 11.8 Å². The highest BCUT2D eigenvalue weighted by Crippen LogP contribution is 2.32. The number of fused-ring (bicyclic) bond motifs is 1. The van der Waals surface area contributed by atoms with E-state index in [1.165, 1.54) is 0 Å². The second-order valence-corrected chi connectivity index (χ2v) is 13.4. The topological polar surface area (TPSA) is 111 Å². The third kappa shape index (κ3) is 7.78. The fraction of sp³-hybridized carbons (Fsp3) is 0.677. The van der Waals surface area contributed by atoms with E-state index in [0.717, 1.165) is 32.6 Å². The Morgan fingerprint density at radius 3 is 2.32 bits per heavy atom. The first-order valence-electron chi connectivity index (χ1n) is 14.9. The zero-order chi connectivity index (χ0) is 29.9. The Morgan fingerprint density at radius 2 is 1.68 bits per heavy atom. The molecular formula is C31H47N5O5. The average molecular weight is 570 g/mol. The number of amides is 4. The van der Waals surface area contributed by atoms with E-state index in [-0.39, 0.29) is 41.6 Å². The summed E-state index contributed by atoms with van der Waals surface area (Å²) in [6, 6.07) is 5.44. The first-order valence-corrected chi connectivity index (χ1v) is 14.9. The van der Waals surface area contributed by atoms with E-state index in [2.05, 4.69) is 22.6 Å². The summed E-state index contributed by atoms with van der Waals surface area (Å²) in [7, 11) is 2.12. The van der Waals surface area contributed by atoms with E-state index in [1.807, 2.05) is 39.5 Å². The zero-order valence-electron chi connectivity index (χ0n) is 25.4. The number of nitrogens with zero attached hydrogens (tertiary/aromatic N) is 3. The van der Waals surface area contributed by atoms with E-state index in [4.69, 9.17) is 4.74 Å². The molecule has 226 valence electrons. The molecule has 41 heavy (non-hydrogen) atoms. The molecule has 3 heterocycles. The van der Waals surface area contributed by atoms with Crippen LogP contribution in [0, 0.1) is 17.8 Å². The van der Waals surface area contributed by atoms with Crippen LogP contribution in [-0.2, 0) is 14.4 Å². The van der Waals surface area contributed by atoms with E-state index in [1.54, 1.807) is 29.2 Å². The predicted molar refractivity (Wildman–Crippen MR) is 156 cm³/mol. The summed E-state index contributed by atoms with van der Waals surface area (Å²) in [4.78, 5) is 59.2. The molecule has 0 radical (unpaired) electrons. The smallest absolute Gasteiger partial charge is 0.258 e. The quantitative estimate of drug-likeness (QED) is 0.472. The van der Waals surface area contributed by atoms with Gasteiger partial charge in [0.2, 0.25) is 11.8 Å². The van der Waals surface area contributed by atoms with Crippen LogP contribution in [-0.4, -0.2) is 102 Å². The Kier molecular flexibility index (Phi) is 9.62. The van der Waals surface area contributed by atoms with Crippen molar-refractivity contribution in [1.29, 1.82) is 0 Å². The maximum atomic E-state index is 13.9. The molecule has 3 aliphatic rings. The summed E-state index contributed by atoms with van der Waals surface area (Å²) in [5.74, 6) is 0.495. The van der Waals surface area contributed by atoms with Crippen LogP contribution >= 0.6 is 0 Å². The van der Waals surface area contributed by atoms with Crippen molar-refractivity contribution in [3.05, 3.63) is 29.8 Å².